The Morgan fingerprint density at radius 2 is 2.50 bits per heavy atom. The van der Waals surface area contributed by atoms with Gasteiger partial charge in [-0.15, -0.1) is 11.8 Å². The monoisotopic (exact) mass is 238 g/mol. The van der Waals surface area contributed by atoms with Crippen LogP contribution in [0.4, 0.5) is 5.82 Å². The van der Waals surface area contributed by atoms with E-state index in [9.17, 15) is 0 Å². The highest BCUT2D eigenvalue weighted by Crippen LogP contribution is 2.23. The zero-order chi connectivity index (χ0) is 11.2. The Morgan fingerprint density at radius 1 is 1.56 bits per heavy atom. The highest BCUT2D eigenvalue weighted by Gasteiger charge is 2.15. The van der Waals surface area contributed by atoms with Crippen LogP contribution in [0.5, 0.6) is 0 Å². The highest BCUT2D eigenvalue weighted by atomic mass is 32.2. The summed E-state index contributed by atoms with van der Waals surface area (Å²) in [5.74, 6) is 1.97. The molecule has 1 atom stereocenters. The normalized spacial score (nSPS) is 19.9. The van der Waals surface area contributed by atoms with Crippen molar-refractivity contribution in [3.63, 3.8) is 0 Å². The molecule has 88 valence electrons. The van der Waals surface area contributed by atoms with Gasteiger partial charge in [-0.05, 0) is 31.9 Å². The van der Waals surface area contributed by atoms with Crippen LogP contribution in [0.3, 0.4) is 0 Å². The molecule has 2 heterocycles. The van der Waals surface area contributed by atoms with E-state index < -0.39 is 0 Å². The first-order valence-electron chi connectivity index (χ1n) is 5.84. The van der Waals surface area contributed by atoms with E-state index in [0.717, 1.165) is 29.7 Å². The molecule has 1 aromatic rings. The van der Waals surface area contributed by atoms with Crippen molar-refractivity contribution in [2.75, 3.05) is 24.2 Å². The molecular formula is C12H18N2OS. The standard InChI is InChI=1S/C12H18N2OS/c1-2-13-11-6-3-7-12(14-11)16-9-10-5-4-8-15-10/h3,6-7,10H,2,4-5,8-9H2,1H3,(H,13,14). The molecule has 0 amide bonds. The Morgan fingerprint density at radius 3 is 3.25 bits per heavy atom. The number of ether oxygens (including phenoxy) is 1. The van der Waals surface area contributed by atoms with E-state index in [2.05, 4.69) is 23.3 Å². The van der Waals surface area contributed by atoms with E-state index in [1.54, 1.807) is 11.8 Å². The van der Waals surface area contributed by atoms with Crippen molar-refractivity contribution in [2.24, 2.45) is 0 Å². The molecule has 0 aromatic carbocycles. The first kappa shape index (κ1) is 11.7. The molecular weight excluding hydrogens is 220 g/mol. The van der Waals surface area contributed by atoms with Crippen LogP contribution in [0.2, 0.25) is 0 Å². The summed E-state index contributed by atoms with van der Waals surface area (Å²) in [5.41, 5.74) is 0. The minimum atomic E-state index is 0.426. The summed E-state index contributed by atoms with van der Waals surface area (Å²) >= 11 is 1.78. The third-order valence-electron chi connectivity index (χ3n) is 2.52. The van der Waals surface area contributed by atoms with Gasteiger partial charge < -0.3 is 10.1 Å². The van der Waals surface area contributed by atoms with Gasteiger partial charge in [0.05, 0.1) is 11.1 Å². The van der Waals surface area contributed by atoms with E-state index in [1.807, 2.05) is 12.1 Å². The first-order chi connectivity index (χ1) is 7.88. The number of hydrogen-bond acceptors (Lipinski definition) is 4. The molecule has 1 unspecified atom stereocenters. The van der Waals surface area contributed by atoms with Crippen molar-refractivity contribution in [3.05, 3.63) is 18.2 Å². The summed E-state index contributed by atoms with van der Waals surface area (Å²) in [4.78, 5) is 4.52. The molecule has 1 aromatic heterocycles. The number of nitrogens with one attached hydrogen (secondary N) is 1. The lowest BCUT2D eigenvalue weighted by Gasteiger charge is -2.09. The van der Waals surface area contributed by atoms with E-state index in [4.69, 9.17) is 4.74 Å². The average Bonchev–Trinajstić information content (AvgIpc) is 2.80. The Kier molecular flexibility index (Phi) is 4.48. The Labute approximate surface area is 101 Å². The summed E-state index contributed by atoms with van der Waals surface area (Å²) in [6, 6.07) is 6.10. The molecule has 1 aliphatic heterocycles. The lowest BCUT2D eigenvalue weighted by atomic mass is 10.3. The Hall–Kier alpha value is -0.740. The molecule has 3 nitrogen and oxygen atoms in total. The third-order valence-corrected chi connectivity index (χ3v) is 3.58. The quantitative estimate of drug-likeness (QED) is 0.800. The zero-order valence-electron chi connectivity index (χ0n) is 9.61. The molecule has 0 spiro atoms. The van der Waals surface area contributed by atoms with Gasteiger partial charge in [0.2, 0.25) is 0 Å². The summed E-state index contributed by atoms with van der Waals surface area (Å²) in [6.45, 7) is 3.91. The van der Waals surface area contributed by atoms with Crippen LogP contribution in [0.25, 0.3) is 0 Å². The number of rotatable bonds is 5. The number of pyridine rings is 1. The molecule has 0 bridgehead atoms. The number of thioether (sulfide) groups is 1. The molecule has 0 radical (unpaired) electrons. The summed E-state index contributed by atoms with van der Waals surface area (Å²) < 4.78 is 5.59. The van der Waals surface area contributed by atoms with Gasteiger partial charge in [0.15, 0.2) is 0 Å². The zero-order valence-corrected chi connectivity index (χ0v) is 10.4. The smallest absolute Gasteiger partial charge is 0.127 e. The maximum absolute atomic E-state index is 5.59. The van der Waals surface area contributed by atoms with E-state index in [0.29, 0.717) is 6.10 Å². The van der Waals surface area contributed by atoms with Crippen LogP contribution in [0.15, 0.2) is 23.2 Å². The van der Waals surface area contributed by atoms with Gasteiger partial charge in [0, 0.05) is 18.9 Å². The van der Waals surface area contributed by atoms with E-state index in [-0.39, 0.29) is 0 Å². The predicted octanol–water partition coefficient (Wildman–Crippen LogP) is 2.78. The van der Waals surface area contributed by atoms with Gasteiger partial charge >= 0.3 is 0 Å². The summed E-state index contributed by atoms with van der Waals surface area (Å²) in [6.07, 6.45) is 2.82. The molecule has 1 fully saturated rings. The lowest BCUT2D eigenvalue weighted by Crippen LogP contribution is -2.08. The van der Waals surface area contributed by atoms with Gasteiger partial charge in [0.25, 0.3) is 0 Å². The molecule has 4 heteroatoms. The van der Waals surface area contributed by atoms with Crippen LogP contribution < -0.4 is 5.32 Å². The van der Waals surface area contributed by atoms with Gasteiger partial charge in [-0.1, -0.05) is 6.07 Å². The minimum Gasteiger partial charge on any atom is -0.377 e. The second kappa shape index (κ2) is 6.11. The molecule has 1 N–H and O–H groups in total. The third kappa shape index (κ3) is 3.39. The number of aromatic nitrogens is 1. The van der Waals surface area contributed by atoms with Crippen LogP contribution in [-0.4, -0.2) is 30.0 Å². The number of anilines is 1. The van der Waals surface area contributed by atoms with Crippen LogP contribution in [0, 0.1) is 0 Å². The largest absolute Gasteiger partial charge is 0.377 e. The fourth-order valence-corrected chi connectivity index (χ4v) is 2.69. The topological polar surface area (TPSA) is 34.1 Å². The second-order valence-electron chi connectivity index (χ2n) is 3.84. The van der Waals surface area contributed by atoms with Gasteiger partial charge in [-0.25, -0.2) is 4.98 Å². The Bertz CT molecular complexity index is 327. The summed E-state index contributed by atoms with van der Waals surface area (Å²) in [5, 5.41) is 4.30. The maximum Gasteiger partial charge on any atom is 0.127 e. The highest BCUT2D eigenvalue weighted by molar-refractivity contribution is 7.99. The molecule has 0 aliphatic carbocycles. The molecule has 0 saturated carbocycles. The van der Waals surface area contributed by atoms with Gasteiger partial charge in [0.1, 0.15) is 5.82 Å². The van der Waals surface area contributed by atoms with Crippen LogP contribution in [-0.2, 0) is 4.74 Å². The minimum absolute atomic E-state index is 0.426. The SMILES string of the molecule is CCNc1cccc(SCC2CCCO2)n1. The number of nitrogens with zero attached hydrogens (tertiary/aromatic N) is 1. The predicted molar refractivity (Wildman–Crippen MR) is 68.1 cm³/mol. The van der Waals surface area contributed by atoms with Crippen molar-refractivity contribution in [1.82, 2.24) is 4.98 Å². The van der Waals surface area contributed by atoms with Crippen LogP contribution >= 0.6 is 11.8 Å². The molecule has 2 rings (SSSR count). The van der Waals surface area contributed by atoms with Gasteiger partial charge in [-0.2, -0.15) is 0 Å². The maximum atomic E-state index is 5.59. The van der Waals surface area contributed by atoms with Crippen molar-refractivity contribution < 1.29 is 4.74 Å². The average molecular weight is 238 g/mol. The number of hydrogen-bond donors (Lipinski definition) is 1. The van der Waals surface area contributed by atoms with Crippen molar-refractivity contribution in [3.8, 4) is 0 Å². The van der Waals surface area contributed by atoms with Gasteiger partial charge in [-0.3, -0.25) is 0 Å². The molecule has 1 saturated heterocycles. The lowest BCUT2D eigenvalue weighted by molar-refractivity contribution is 0.129. The Balaban J connectivity index is 1.85. The fraction of sp³-hybridized carbons (Fsp3) is 0.583. The first-order valence-corrected chi connectivity index (χ1v) is 6.82. The van der Waals surface area contributed by atoms with Crippen molar-refractivity contribution in [1.29, 1.82) is 0 Å². The molecule has 1 aliphatic rings. The van der Waals surface area contributed by atoms with E-state index in [1.165, 1.54) is 12.8 Å². The summed E-state index contributed by atoms with van der Waals surface area (Å²) in [7, 11) is 0. The van der Waals surface area contributed by atoms with Crippen molar-refractivity contribution >= 4 is 17.6 Å². The van der Waals surface area contributed by atoms with Crippen molar-refractivity contribution in [2.45, 2.75) is 30.9 Å². The van der Waals surface area contributed by atoms with Crippen LogP contribution in [0.1, 0.15) is 19.8 Å². The molecule has 16 heavy (non-hydrogen) atoms. The fourth-order valence-electron chi connectivity index (χ4n) is 1.73. The second-order valence-corrected chi connectivity index (χ2v) is 4.88. The van der Waals surface area contributed by atoms with E-state index >= 15 is 0 Å².